The molecule has 0 unspecified atom stereocenters. The molecule has 0 spiro atoms. The number of Topliss-reactive ketones (excluding diaryl/α,β-unsaturated/α-hetero) is 1. The summed E-state index contributed by atoms with van der Waals surface area (Å²) < 4.78 is 4.22. The van der Waals surface area contributed by atoms with Crippen LogP contribution < -0.4 is 0 Å². The molecule has 12 heavy (non-hydrogen) atoms. The van der Waals surface area contributed by atoms with Gasteiger partial charge >= 0.3 is 11.9 Å². The second-order valence-corrected chi connectivity index (χ2v) is 2.17. The molecule has 0 radical (unpaired) electrons. The molecule has 0 aromatic heterocycles. The Hall–Kier alpha value is -1.45. The maximum atomic E-state index is 10.6. The molecule has 0 saturated heterocycles. The van der Waals surface area contributed by atoms with Crippen LogP contribution in [0, 0.1) is 0 Å². The van der Waals surface area contributed by atoms with Crippen molar-refractivity contribution in [3.63, 3.8) is 0 Å². The minimum Gasteiger partial charge on any atom is -0.390 e. The van der Waals surface area contributed by atoms with E-state index in [1.807, 2.05) is 0 Å². The van der Waals surface area contributed by atoms with Crippen molar-refractivity contribution in [3.8, 4) is 0 Å². The lowest BCUT2D eigenvalue weighted by Crippen LogP contribution is -2.12. The fourth-order valence-electron chi connectivity index (χ4n) is 0.522. The third kappa shape index (κ3) is 5.34. The summed E-state index contributed by atoms with van der Waals surface area (Å²) in [4.78, 5) is 31.6. The maximum absolute atomic E-state index is 10.6. The third-order valence-electron chi connectivity index (χ3n) is 0.910. The minimum absolute atomic E-state index is 0.326. The van der Waals surface area contributed by atoms with Crippen LogP contribution in [0.25, 0.3) is 0 Å². The lowest BCUT2D eigenvalue weighted by Gasteiger charge is -1.95. The first-order chi connectivity index (χ1) is 5.56. The molecular weight excluding hydrogens is 160 g/mol. The molecule has 0 aliphatic heterocycles. The number of hydrogen-bond acceptors (Lipinski definition) is 4. The monoisotopic (exact) mass is 170 g/mol. The minimum atomic E-state index is -0.814. The van der Waals surface area contributed by atoms with E-state index in [9.17, 15) is 14.4 Å². The van der Waals surface area contributed by atoms with Gasteiger partial charge in [-0.15, -0.1) is 0 Å². The third-order valence-corrected chi connectivity index (χ3v) is 0.910. The molecule has 4 nitrogen and oxygen atoms in total. The molecule has 0 aliphatic rings. The number of carbonyl (C=O) groups is 3. The molecule has 0 bridgehead atoms. The Morgan fingerprint density at radius 3 is 2.33 bits per heavy atom. The Bertz CT molecular complexity index is 227. The van der Waals surface area contributed by atoms with Crippen LogP contribution in [0.4, 0.5) is 0 Å². The lowest BCUT2D eigenvalue weighted by atomic mass is 10.3. The van der Waals surface area contributed by atoms with Crippen molar-refractivity contribution in [2.45, 2.75) is 20.3 Å². The summed E-state index contributed by atoms with van der Waals surface area (Å²) in [6.07, 6.45) is 2.20. The fraction of sp³-hybridized carbons (Fsp3) is 0.375. The smallest absolute Gasteiger partial charge is 0.338 e. The lowest BCUT2D eigenvalue weighted by molar-refractivity contribution is -0.156. The van der Waals surface area contributed by atoms with Crippen LogP contribution in [0.2, 0.25) is 0 Å². The van der Waals surface area contributed by atoms with Crippen LogP contribution in [-0.4, -0.2) is 17.7 Å². The highest BCUT2D eigenvalue weighted by atomic mass is 16.6. The van der Waals surface area contributed by atoms with Gasteiger partial charge in [-0.1, -0.05) is 6.08 Å². The molecule has 0 amide bonds. The molecular formula is C8H10O4. The molecule has 66 valence electrons. The van der Waals surface area contributed by atoms with Gasteiger partial charge < -0.3 is 4.74 Å². The van der Waals surface area contributed by atoms with E-state index in [0.29, 0.717) is 0 Å². The van der Waals surface area contributed by atoms with E-state index in [0.717, 1.165) is 6.08 Å². The molecule has 0 fully saturated rings. The van der Waals surface area contributed by atoms with Crippen molar-refractivity contribution in [3.05, 3.63) is 12.2 Å². The standard InChI is InChI=1S/C8H10O4/c1-3-4-7(10)12-8(11)5-6(2)9/h3-4H,5H2,1-2H3/b4-3+. The molecule has 0 atom stereocenters. The highest BCUT2D eigenvalue weighted by Crippen LogP contribution is 1.89. The van der Waals surface area contributed by atoms with Gasteiger partial charge in [0.15, 0.2) is 0 Å². The summed E-state index contributed by atoms with van der Waals surface area (Å²) >= 11 is 0. The van der Waals surface area contributed by atoms with Crippen LogP contribution in [0.5, 0.6) is 0 Å². The van der Waals surface area contributed by atoms with E-state index >= 15 is 0 Å². The zero-order valence-electron chi connectivity index (χ0n) is 6.99. The molecule has 0 saturated carbocycles. The van der Waals surface area contributed by atoms with Gasteiger partial charge in [0, 0.05) is 6.08 Å². The molecule has 0 aromatic carbocycles. The van der Waals surface area contributed by atoms with Crippen LogP contribution in [0.1, 0.15) is 20.3 Å². The van der Waals surface area contributed by atoms with E-state index < -0.39 is 11.9 Å². The number of ketones is 1. The molecule has 4 heteroatoms. The van der Waals surface area contributed by atoms with Gasteiger partial charge in [0.05, 0.1) is 0 Å². The summed E-state index contributed by atoms with van der Waals surface area (Å²) in [5.41, 5.74) is 0. The van der Waals surface area contributed by atoms with Gasteiger partial charge in [-0.3, -0.25) is 9.59 Å². The van der Waals surface area contributed by atoms with Gasteiger partial charge in [-0.25, -0.2) is 4.79 Å². The molecule has 0 aliphatic carbocycles. The van der Waals surface area contributed by atoms with Crippen LogP contribution in [-0.2, 0) is 19.1 Å². The molecule has 0 N–H and O–H groups in total. The Balaban J connectivity index is 3.85. The summed E-state index contributed by atoms with van der Waals surface area (Å²) in [5.74, 6) is -1.89. The van der Waals surface area contributed by atoms with Gasteiger partial charge in [-0.05, 0) is 13.8 Å². The topological polar surface area (TPSA) is 60.4 Å². The SMILES string of the molecule is C/C=C/C(=O)OC(=O)CC(C)=O. The van der Waals surface area contributed by atoms with Gasteiger partial charge in [0.2, 0.25) is 0 Å². The van der Waals surface area contributed by atoms with Gasteiger partial charge in [0.1, 0.15) is 12.2 Å². The maximum Gasteiger partial charge on any atom is 0.338 e. The van der Waals surface area contributed by atoms with Crippen molar-refractivity contribution < 1.29 is 19.1 Å². The Morgan fingerprint density at radius 2 is 1.92 bits per heavy atom. The molecule has 0 heterocycles. The summed E-state index contributed by atoms with van der Waals surface area (Å²) in [7, 11) is 0. The average Bonchev–Trinajstić information content (AvgIpc) is 1.84. The van der Waals surface area contributed by atoms with E-state index in [1.165, 1.54) is 13.0 Å². The molecule has 0 rings (SSSR count). The van der Waals surface area contributed by atoms with Crippen LogP contribution in [0.3, 0.4) is 0 Å². The fourth-order valence-corrected chi connectivity index (χ4v) is 0.522. The number of rotatable bonds is 3. The Labute approximate surface area is 70.2 Å². The summed E-state index contributed by atoms with van der Waals surface area (Å²) in [5, 5.41) is 0. The van der Waals surface area contributed by atoms with Gasteiger partial charge in [0.25, 0.3) is 0 Å². The second kappa shape index (κ2) is 5.23. The first kappa shape index (κ1) is 10.6. The predicted octanol–water partition coefficient (Wildman–Crippen LogP) is 0.611. The van der Waals surface area contributed by atoms with Crippen molar-refractivity contribution in [2.75, 3.05) is 0 Å². The Kier molecular flexibility index (Phi) is 4.60. The first-order valence-corrected chi connectivity index (χ1v) is 3.43. The zero-order valence-corrected chi connectivity index (χ0v) is 6.99. The summed E-state index contributed by atoms with van der Waals surface area (Å²) in [6, 6.07) is 0. The average molecular weight is 170 g/mol. The van der Waals surface area contributed by atoms with E-state index in [4.69, 9.17) is 0 Å². The number of allylic oxidation sites excluding steroid dienone is 1. The van der Waals surface area contributed by atoms with Crippen molar-refractivity contribution in [2.24, 2.45) is 0 Å². The van der Waals surface area contributed by atoms with E-state index in [-0.39, 0.29) is 12.2 Å². The number of carbonyl (C=O) groups excluding carboxylic acids is 3. The van der Waals surface area contributed by atoms with Crippen molar-refractivity contribution in [1.82, 2.24) is 0 Å². The van der Waals surface area contributed by atoms with Crippen LogP contribution in [0.15, 0.2) is 12.2 Å². The van der Waals surface area contributed by atoms with Crippen LogP contribution >= 0.6 is 0 Å². The summed E-state index contributed by atoms with van der Waals surface area (Å²) in [6.45, 7) is 2.87. The zero-order chi connectivity index (χ0) is 9.56. The number of ether oxygens (including phenoxy) is 1. The quantitative estimate of drug-likeness (QED) is 0.353. The normalized spacial score (nSPS) is 9.83. The predicted molar refractivity (Wildman–Crippen MR) is 41.2 cm³/mol. The van der Waals surface area contributed by atoms with Crippen molar-refractivity contribution in [1.29, 1.82) is 0 Å². The second-order valence-electron chi connectivity index (χ2n) is 2.17. The highest BCUT2D eigenvalue weighted by molar-refractivity contribution is 6.00. The number of esters is 2. The van der Waals surface area contributed by atoms with Crippen molar-refractivity contribution >= 4 is 17.7 Å². The molecule has 0 aromatic rings. The Morgan fingerprint density at radius 1 is 1.33 bits per heavy atom. The highest BCUT2D eigenvalue weighted by Gasteiger charge is 2.09. The van der Waals surface area contributed by atoms with Gasteiger partial charge in [-0.2, -0.15) is 0 Å². The first-order valence-electron chi connectivity index (χ1n) is 3.43. The van der Waals surface area contributed by atoms with E-state index in [2.05, 4.69) is 4.74 Å². The van der Waals surface area contributed by atoms with E-state index in [1.54, 1.807) is 6.92 Å². The largest absolute Gasteiger partial charge is 0.390 e. The number of hydrogen-bond donors (Lipinski definition) is 0.